The maximum Gasteiger partial charge on any atom is 0.341 e. The van der Waals surface area contributed by atoms with Crippen LogP contribution in [0.4, 0.5) is 5.69 Å². The van der Waals surface area contributed by atoms with Gasteiger partial charge in [0, 0.05) is 12.2 Å². The molecule has 0 unspecified atom stereocenters. The van der Waals surface area contributed by atoms with Gasteiger partial charge in [-0.05, 0) is 65.5 Å². The predicted octanol–water partition coefficient (Wildman–Crippen LogP) is 5.84. The van der Waals surface area contributed by atoms with Gasteiger partial charge in [0.2, 0.25) is 5.88 Å². The summed E-state index contributed by atoms with van der Waals surface area (Å²) < 4.78 is 39.4. The zero-order chi connectivity index (χ0) is 26.6. The molecule has 0 spiro atoms. The third kappa shape index (κ3) is 4.70. The number of benzene rings is 2. The third-order valence-corrected chi connectivity index (χ3v) is 8.83. The van der Waals surface area contributed by atoms with E-state index in [4.69, 9.17) is 8.92 Å². The molecule has 2 aromatic carbocycles. The molecule has 1 saturated heterocycles. The number of aryl methyl sites for hydroxylation is 1. The van der Waals surface area contributed by atoms with Crippen LogP contribution in [0.3, 0.4) is 0 Å². The molecule has 1 fully saturated rings. The second-order valence-electron chi connectivity index (χ2n) is 11.2. The summed E-state index contributed by atoms with van der Waals surface area (Å²) in [6.45, 7) is 16.4. The van der Waals surface area contributed by atoms with Crippen LogP contribution in [0.15, 0.2) is 29.2 Å². The Balaban J connectivity index is 1.65. The minimum absolute atomic E-state index is 0.00924. The fourth-order valence-corrected chi connectivity index (χ4v) is 6.87. The Bertz CT molecular complexity index is 1430. The summed E-state index contributed by atoms with van der Waals surface area (Å²) in [5.74, 6) is 0.861. The van der Waals surface area contributed by atoms with Gasteiger partial charge in [0.05, 0.1) is 30.2 Å². The van der Waals surface area contributed by atoms with Gasteiger partial charge in [-0.3, -0.25) is 0 Å². The van der Waals surface area contributed by atoms with E-state index in [1.54, 1.807) is 6.92 Å². The first-order valence-corrected chi connectivity index (χ1v) is 14.6. The van der Waals surface area contributed by atoms with Gasteiger partial charge in [0.15, 0.2) is 0 Å². The molecule has 3 aromatic rings. The fraction of sp³-hybridized carbons (Fsp3) is 0.517. The zero-order valence-corrected chi connectivity index (χ0v) is 23.6. The quantitative estimate of drug-likeness (QED) is 0.360. The van der Waals surface area contributed by atoms with E-state index >= 15 is 0 Å². The van der Waals surface area contributed by atoms with E-state index < -0.39 is 10.1 Å². The summed E-state index contributed by atoms with van der Waals surface area (Å²) in [4.78, 5) is 11.7. The SMILES string of the molecule is Cc1nc(OS(=O)(=O)c2c(C(C)C)cc(C(C)C)cc2C(C)C)c2cc3c(cc2n1)CCN3C1COC1. The Labute approximate surface area is 220 Å². The molecule has 0 N–H and O–H groups in total. The second kappa shape index (κ2) is 9.55. The van der Waals surface area contributed by atoms with Crippen molar-refractivity contribution in [2.45, 2.75) is 83.6 Å². The highest BCUT2D eigenvalue weighted by molar-refractivity contribution is 7.87. The van der Waals surface area contributed by atoms with E-state index in [-0.39, 0.29) is 28.5 Å². The lowest BCUT2D eigenvalue weighted by Crippen LogP contribution is -2.48. The minimum Gasteiger partial charge on any atom is -0.377 e. The molecule has 37 heavy (non-hydrogen) atoms. The van der Waals surface area contributed by atoms with Gasteiger partial charge >= 0.3 is 10.1 Å². The van der Waals surface area contributed by atoms with Gasteiger partial charge in [0.25, 0.3) is 0 Å². The van der Waals surface area contributed by atoms with Crippen LogP contribution in [0.2, 0.25) is 0 Å². The molecule has 0 saturated carbocycles. The van der Waals surface area contributed by atoms with E-state index in [1.165, 1.54) is 5.56 Å². The van der Waals surface area contributed by atoms with Crippen molar-refractivity contribution >= 4 is 26.7 Å². The molecule has 8 heteroatoms. The smallest absolute Gasteiger partial charge is 0.341 e. The lowest BCUT2D eigenvalue weighted by Gasteiger charge is -2.36. The Morgan fingerprint density at radius 2 is 1.59 bits per heavy atom. The van der Waals surface area contributed by atoms with Gasteiger partial charge in [-0.25, -0.2) is 4.98 Å². The summed E-state index contributed by atoms with van der Waals surface area (Å²) in [6, 6.07) is 8.43. The van der Waals surface area contributed by atoms with Crippen LogP contribution in [-0.2, 0) is 21.3 Å². The second-order valence-corrected chi connectivity index (χ2v) is 12.7. The molecule has 2 aliphatic rings. The van der Waals surface area contributed by atoms with Gasteiger partial charge in [-0.15, -0.1) is 0 Å². The van der Waals surface area contributed by atoms with Crippen molar-refractivity contribution in [1.82, 2.24) is 9.97 Å². The van der Waals surface area contributed by atoms with E-state index in [0.29, 0.717) is 36.0 Å². The standard InChI is InChI=1S/C29H37N3O4S/c1-16(2)21-10-23(17(3)4)28(24(11-21)18(5)6)37(33,34)36-29-25-13-27-20(12-26(25)30-19(7)31-29)8-9-32(27)22-14-35-15-22/h10-13,16-18,22H,8-9,14-15H2,1-7H3. The van der Waals surface area contributed by atoms with E-state index in [9.17, 15) is 8.42 Å². The number of aromatic nitrogens is 2. The molecule has 0 atom stereocenters. The molecular formula is C29H37N3O4S. The number of anilines is 1. The topological polar surface area (TPSA) is 81.6 Å². The van der Waals surface area contributed by atoms with Crippen molar-refractivity contribution in [3.05, 3.63) is 52.3 Å². The molecular weight excluding hydrogens is 486 g/mol. The number of hydrogen-bond acceptors (Lipinski definition) is 7. The number of hydrogen-bond donors (Lipinski definition) is 0. The molecule has 0 bridgehead atoms. The Morgan fingerprint density at radius 1 is 0.946 bits per heavy atom. The summed E-state index contributed by atoms with van der Waals surface area (Å²) >= 11 is 0. The highest BCUT2D eigenvalue weighted by atomic mass is 32.2. The molecule has 0 amide bonds. The van der Waals surface area contributed by atoms with Crippen LogP contribution < -0.4 is 9.08 Å². The molecule has 7 nitrogen and oxygen atoms in total. The number of ether oxygens (including phenoxy) is 1. The van der Waals surface area contributed by atoms with Crippen LogP contribution in [0.25, 0.3) is 10.9 Å². The maximum atomic E-state index is 14.0. The molecule has 0 radical (unpaired) electrons. The molecule has 0 aliphatic carbocycles. The largest absolute Gasteiger partial charge is 0.377 e. The normalized spacial score (nSPS) is 16.2. The van der Waals surface area contributed by atoms with Crippen LogP contribution in [0.1, 0.15) is 87.4 Å². The van der Waals surface area contributed by atoms with Crippen LogP contribution in [0, 0.1) is 6.92 Å². The van der Waals surface area contributed by atoms with Crippen LogP contribution >= 0.6 is 0 Å². The summed E-state index contributed by atoms with van der Waals surface area (Å²) in [5.41, 5.74) is 5.68. The average Bonchev–Trinajstić information content (AvgIpc) is 3.17. The van der Waals surface area contributed by atoms with Crippen molar-refractivity contribution < 1.29 is 17.3 Å². The van der Waals surface area contributed by atoms with E-state index in [0.717, 1.165) is 35.3 Å². The summed E-state index contributed by atoms with van der Waals surface area (Å²) in [6.07, 6.45) is 0.928. The lowest BCUT2D eigenvalue weighted by molar-refractivity contribution is 0.00887. The van der Waals surface area contributed by atoms with Crippen molar-refractivity contribution in [2.24, 2.45) is 0 Å². The van der Waals surface area contributed by atoms with E-state index in [1.807, 2.05) is 45.9 Å². The molecule has 3 heterocycles. The predicted molar refractivity (Wildman–Crippen MR) is 146 cm³/mol. The molecule has 198 valence electrons. The number of nitrogens with zero attached hydrogens (tertiary/aromatic N) is 3. The highest BCUT2D eigenvalue weighted by Gasteiger charge is 2.33. The molecule has 1 aromatic heterocycles. The van der Waals surface area contributed by atoms with Crippen molar-refractivity contribution in [3.63, 3.8) is 0 Å². The first-order valence-electron chi connectivity index (χ1n) is 13.2. The van der Waals surface area contributed by atoms with Crippen molar-refractivity contribution in [2.75, 3.05) is 24.7 Å². The van der Waals surface area contributed by atoms with Crippen LogP contribution in [0.5, 0.6) is 5.88 Å². The summed E-state index contributed by atoms with van der Waals surface area (Å²) in [7, 11) is -4.18. The van der Waals surface area contributed by atoms with E-state index in [2.05, 4.69) is 34.8 Å². The first kappa shape index (κ1) is 25.9. The minimum atomic E-state index is -4.18. The summed E-state index contributed by atoms with van der Waals surface area (Å²) in [5, 5.41) is 0.607. The van der Waals surface area contributed by atoms with Gasteiger partial charge < -0.3 is 13.8 Å². The average molecular weight is 524 g/mol. The fourth-order valence-electron chi connectivity index (χ4n) is 5.29. The first-order chi connectivity index (χ1) is 17.5. The highest BCUT2D eigenvalue weighted by Crippen LogP contribution is 2.40. The van der Waals surface area contributed by atoms with Crippen molar-refractivity contribution in [3.8, 4) is 5.88 Å². The van der Waals surface area contributed by atoms with Gasteiger partial charge in [-0.1, -0.05) is 53.7 Å². The van der Waals surface area contributed by atoms with Crippen LogP contribution in [-0.4, -0.2) is 44.2 Å². The zero-order valence-electron chi connectivity index (χ0n) is 22.8. The lowest BCUT2D eigenvalue weighted by atomic mass is 9.89. The van der Waals surface area contributed by atoms with Gasteiger partial charge in [-0.2, -0.15) is 13.4 Å². The molecule has 5 rings (SSSR count). The van der Waals surface area contributed by atoms with Crippen molar-refractivity contribution in [1.29, 1.82) is 0 Å². The Kier molecular flexibility index (Phi) is 6.69. The Morgan fingerprint density at radius 3 is 2.14 bits per heavy atom. The number of rotatable bonds is 7. The van der Waals surface area contributed by atoms with Gasteiger partial charge in [0.1, 0.15) is 10.7 Å². The monoisotopic (exact) mass is 523 g/mol. The number of fused-ring (bicyclic) bond motifs is 2. The third-order valence-electron chi connectivity index (χ3n) is 7.48. The Hall–Kier alpha value is -2.71. The molecule has 2 aliphatic heterocycles. The maximum absolute atomic E-state index is 14.0.